The number of rotatable bonds is 6. The van der Waals surface area contributed by atoms with E-state index < -0.39 is 0 Å². The molecule has 0 bridgehead atoms. The molecule has 1 atom stereocenters. The highest BCUT2D eigenvalue weighted by Crippen LogP contribution is 2.45. The number of furan rings is 1. The number of nitrogens with zero attached hydrogens (tertiary/aromatic N) is 4. The second-order valence-corrected chi connectivity index (χ2v) is 10.4. The lowest BCUT2D eigenvalue weighted by atomic mass is 9.89. The summed E-state index contributed by atoms with van der Waals surface area (Å²) in [6.45, 7) is 3.58. The number of thiophene rings is 1. The van der Waals surface area contributed by atoms with Crippen LogP contribution in [0.1, 0.15) is 51.0 Å². The Balaban J connectivity index is 1.36. The molecule has 1 fully saturated rings. The highest BCUT2D eigenvalue weighted by atomic mass is 32.1. The minimum absolute atomic E-state index is 0.0228. The van der Waals surface area contributed by atoms with Crippen LogP contribution in [0.2, 0.25) is 0 Å². The zero-order chi connectivity index (χ0) is 24.3. The van der Waals surface area contributed by atoms with E-state index in [9.17, 15) is 4.79 Å². The molecule has 5 heterocycles. The van der Waals surface area contributed by atoms with Crippen molar-refractivity contribution in [1.29, 1.82) is 0 Å². The van der Waals surface area contributed by atoms with Gasteiger partial charge in [-0.2, -0.15) is 0 Å². The quantitative estimate of drug-likeness (QED) is 0.394. The Morgan fingerprint density at radius 3 is 2.64 bits per heavy atom. The number of piperazine rings is 1. The fourth-order valence-electron chi connectivity index (χ4n) is 5.39. The zero-order valence-corrected chi connectivity index (χ0v) is 20.9. The monoisotopic (exact) mass is 499 g/mol. The molecule has 2 aliphatic rings. The zero-order valence-electron chi connectivity index (χ0n) is 20.1. The van der Waals surface area contributed by atoms with Crippen LogP contribution < -0.4 is 10.2 Å². The summed E-state index contributed by atoms with van der Waals surface area (Å²) < 4.78 is 5.39. The van der Waals surface area contributed by atoms with Gasteiger partial charge in [0.25, 0.3) is 5.91 Å². The van der Waals surface area contributed by atoms with Crippen LogP contribution in [0.3, 0.4) is 0 Å². The lowest BCUT2D eigenvalue weighted by Crippen LogP contribution is -2.48. The van der Waals surface area contributed by atoms with Gasteiger partial charge >= 0.3 is 0 Å². The topological polar surface area (TPSA) is 74.5 Å². The minimum Gasteiger partial charge on any atom is -0.459 e. The summed E-state index contributed by atoms with van der Waals surface area (Å²) in [7, 11) is 0. The van der Waals surface area contributed by atoms with Gasteiger partial charge in [-0.3, -0.25) is 14.7 Å². The number of amides is 1. The number of fused-ring (bicyclic) bond motifs is 1. The third-order valence-electron chi connectivity index (χ3n) is 7.11. The molecule has 0 spiro atoms. The average Bonchev–Trinajstić information content (AvgIpc) is 3.60. The number of hydrogen-bond donors (Lipinski definition) is 1. The molecule has 4 aromatic rings. The van der Waals surface area contributed by atoms with Crippen molar-refractivity contribution in [1.82, 2.24) is 14.9 Å². The van der Waals surface area contributed by atoms with Crippen molar-refractivity contribution in [3.8, 4) is 0 Å². The molecule has 0 unspecified atom stereocenters. The first-order valence-corrected chi connectivity index (χ1v) is 13.4. The number of aryl methyl sites for hydroxylation is 1. The first-order chi connectivity index (χ1) is 17.8. The smallest absolute Gasteiger partial charge is 0.291 e. The van der Waals surface area contributed by atoms with E-state index in [1.807, 2.05) is 36.8 Å². The van der Waals surface area contributed by atoms with Gasteiger partial charge in [-0.05, 0) is 67.1 Å². The second kappa shape index (κ2) is 10.2. The molecule has 7 nitrogen and oxygen atoms in total. The summed E-state index contributed by atoms with van der Waals surface area (Å²) >= 11 is 1.73. The molecular formula is C28H29N5O2S. The van der Waals surface area contributed by atoms with Crippen LogP contribution in [0.4, 0.5) is 10.8 Å². The predicted molar refractivity (Wildman–Crippen MR) is 142 cm³/mol. The number of anilines is 2. The fourth-order valence-corrected chi connectivity index (χ4v) is 6.71. The molecule has 1 saturated heterocycles. The number of carbonyl (C=O) groups excluding carboxylic acids is 1. The minimum atomic E-state index is -0.204. The molecule has 1 aliphatic carbocycles. The largest absolute Gasteiger partial charge is 0.459 e. The summed E-state index contributed by atoms with van der Waals surface area (Å²) in [4.78, 5) is 28.3. The van der Waals surface area contributed by atoms with Crippen molar-refractivity contribution in [2.24, 2.45) is 0 Å². The van der Waals surface area contributed by atoms with Crippen LogP contribution in [0.15, 0.2) is 71.7 Å². The van der Waals surface area contributed by atoms with Gasteiger partial charge in [0.05, 0.1) is 12.3 Å². The molecule has 184 valence electrons. The van der Waals surface area contributed by atoms with Gasteiger partial charge in [-0.15, -0.1) is 11.3 Å². The van der Waals surface area contributed by atoms with Gasteiger partial charge in [0.2, 0.25) is 0 Å². The molecule has 1 N–H and O–H groups in total. The van der Waals surface area contributed by atoms with Gasteiger partial charge in [0.1, 0.15) is 10.8 Å². The van der Waals surface area contributed by atoms with Gasteiger partial charge < -0.3 is 14.6 Å². The Hall–Kier alpha value is -3.49. The molecule has 0 aromatic carbocycles. The summed E-state index contributed by atoms with van der Waals surface area (Å²) in [5.74, 6) is 1.15. The first-order valence-electron chi connectivity index (χ1n) is 12.6. The van der Waals surface area contributed by atoms with Crippen LogP contribution in [-0.4, -0.2) is 47.0 Å². The fraction of sp³-hybridized carbons (Fsp3) is 0.321. The molecule has 0 saturated carbocycles. The van der Waals surface area contributed by atoms with Crippen LogP contribution in [0.25, 0.3) is 0 Å². The maximum absolute atomic E-state index is 13.0. The standard InChI is InChI=1S/C28H29N5O2S/c34-27(22-9-6-18-35-22)31-28-25(21-8-1-2-10-23(21)36-28)26(20-7-5-12-29-19-20)33-16-14-32(15-17-33)24-11-3-4-13-30-24/h3-7,9,11-13,18-19,26H,1-2,8,10,14-17H2,(H,31,34)/t26-/m0/s1. The lowest BCUT2D eigenvalue weighted by Gasteiger charge is -2.40. The second-order valence-electron chi connectivity index (χ2n) is 9.28. The van der Waals surface area contributed by atoms with Crippen molar-refractivity contribution in [3.05, 3.63) is 94.6 Å². The van der Waals surface area contributed by atoms with Crippen LogP contribution in [-0.2, 0) is 12.8 Å². The maximum atomic E-state index is 13.0. The van der Waals surface area contributed by atoms with E-state index in [0.29, 0.717) is 5.76 Å². The predicted octanol–water partition coefficient (Wildman–Crippen LogP) is 5.17. The molecule has 6 rings (SSSR count). The summed E-state index contributed by atoms with van der Waals surface area (Å²) in [5.41, 5.74) is 3.79. The van der Waals surface area contributed by atoms with Crippen LogP contribution >= 0.6 is 11.3 Å². The van der Waals surface area contributed by atoms with Gasteiger partial charge in [-0.25, -0.2) is 4.98 Å². The maximum Gasteiger partial charge on any atom is 0.291 e. The third-order valence-corrected chi connectivity index (χ3v) is 8.33. The van der Waals surface area contributed by atoms with Crippen molar-refractivity contribution >= 4 is 28.1 Å². The normalized spacial score (nSPS) is 16.9. The molecule has 8 heteroatoms. The van der Waals surface area contributed by atoms with E-state index in [4.69, 9.17) is 4.42 Å². The lowest BCUT2D eigenvalue weighted by molar-refractivity contribution is 0.0996. The van der Waals surface area contributed by atoms with E-state index in [-0.39, 0.29) is 11.9 Å². The highest BCUT2D eigenvalue weighted by Gasteiger charge is 2.34. The van der Waals surface area contributed by atoms with E-state index >= 15 is 0 Å². The number of pyridine rings is 2. The highest BCUT2D eigenvalue weighted by molar-refractivity contribution is 7.16. The Morgan fingerprint density at radius 2 is 1.89 bits per heavy atom. The third kappa shape index (κ3) is 4.54. The molecule has 36 heavy (non-hydrogen) atoms. The van der Waals surface area contributed by atoms with Gasteiger partial charge in [-0.1, -0.05) is 12.1 Å². The first kappa shape index (κ1) is 22.9. The molecule has 0 radical (unpaired) electrons. The number of nitrogens with one attached hydrogen (secondary N) is 1. The number of hydrogen-bond acceptors (Lipinski definition) is 7. The van der Waals surface area contributed by atoms with Gasteiger partial charge in [0, 0.05) is 55.2 Å². The van der Waals surface area contributed by atoms with Crippen LogP contribution in [0, 0.1) is 0 Å². The SMILES string of the molecule is O=C(Nc1sc2c(c1[C@H](c1cccnc1)N1CCN(c3ccccn3)CC1)CCCC2)c1ccco1. The summed E-state index contributed by atoms with van der Waals surface area (Å²) in [6.07, 6.45) is 11.7. The van der Waals surface area contributed by atoms with Gasteiger partial charge in [0.15, 0.2) is 5.76 Å². The Kier molecular flexibility index (Phi) is 6.53. The molecule has 4 aromatic heterocycles. The summed E-state index contributed by atoms with van der Waals surface area (Å²) in [5, 5.41) is 4.15. The summed E-state index contributed by atoms with van der Waals surface area (Å²) in [6, 6.07) is 13.7. The number of aromatic nitrogens is 2. The van der Waals surface area contributed by atoms with E-state index in [1.165, 1.54) is 35.1 Å². The van der Waals surface area contributed by atoms with E-state index in [1.54, 1.807) is 23.5 Å². The average molecular weight is 500 g/mol. The Bertz CT molecular complexity index is 1300. The molecule has 1 aliphatic heterocycles. The van der Waals surface area contributed by atoms with Crippen molar-refractivity contribution in [2.45, 2.75) is 31.7 Å². The van der Waals surface area contributed by atoms with Crippen molar-refractivity contribution < 1.29 is 9.21 Å². The number of carbonyl (C=O) groups is 1. The van der Waals surface area contributed by atoms with Crippen molar-refractivity contribution in [3.63, 3.8) is 0 Å². The molecular weight excluding hydrogens is 470 g/mol. The van der Waals surface area contributed by atoms with E-state index in [2.05, 4.69) is 37.2 Å². The van der Waals surface area contributed by atoms with Crippen molar-refractivity contribution in [2.75, 3.05) is 36.4 Å². The Labute approximate surface area is 214 Å². The molecule has 1 amide bonds. The van der Waals surface area contributed by atoms with E-state index in [0.717, 1.165) is 55.4 Å². The van der Waals surface area contributed by atoms with Crippen LogP contribution in [0.5, 0.6) is 0 Å². The Morgan fingerprint density at radius 1 is 1.00 bits per heavy atom.